The van der Waals surface area contributed by atoms with Crippen LogP contribution in [0.3, 0.4) is 0 Å². The molecule has 5 nitrogen and oxygen atoms in total. The molecule has 0 atom stereocenters. The average Bonchev–Trinajstić information content (AvgIpc) is 2.66. The van der Waals surface area contributed by atoms with Crippen molar-refractivity contribution in [2.75, 3.05) is 10.8 Å². The Morgan fingerprint density at radius 2 is 1.74 bits per heavy atom. The van der Waals surface area contributed by atoms with Crippen LogP contribution in [-0.2, 0) is 14.8 Å². The topological polar surface area (TPSA) is 66.5 Å². The molecular weight excluding hydrogens is 428 g/mol. The Labute approximate surface area is 167 Å². The van der Waals surface area contributed by atoms with Gasteiger partial charge < -0.3 is 5.32 Å². The van der Waals surface area contributed by atoms with Crippen molar-refractivity contribution in [1.82, 2.24) is 5.32 Å². The van der Waals surface area contributed by atoms with E-state index in [0.29, 0.717) is 15.7 Å². The fraction of sp³-hybridized carbons (Fsp3) is 0.350. The summed E-state index contributed by atoms with van der Waals surface area (Å²) in [5, 5.41) is 3.02. The van der Waals surface area contributed by atoms with E-state index < -0.39 is 10.0 Å². The van der Waals surface area contributed by atoms with Crippen LogP contribution in [0.15, 0.2) is 51.8 Å². The first-order valence-corrected chi connectivity index (χ1v) is 11.4. The van der Waals surface area contributed by atoms with E-state index in [-0.39, 0.29) is 23.4 Å². The lowest BCUT2D eigenvalue weighted by atomic mass is 9.95. The molecule has 1 N–H and O–H groups in total. The van der Waals surface area contributed by atoms with E-state index in [0.717, 1.165) is 31.2 Å². The molecule has 2 aromatic carbocycles. The zero-order chi connectivity index (χ0) is 19.0. The molecule has 0 aromatic heterocycles. The maximum Gasteiger partial charge on any atom is 0.265 e. The van der Waals surface area contributed by atoms with E-state index in [1.165, 1.54) is 10.7 Å². The van der Waals surface area contributed by atoms with Gasteiger partial charge in [-0.05, 0) is 40.9 Å². The molecular formula is C20H21BrN2O3S. The van der Waals surface area contributed by atoms with Crippen LogP contribution in [0.5, 0.6) is 0 Å². The fourth-order valence-electron chi connectivity index (χ4n) is 3.95. The highest BCUT2D eigenvalue weighted by Gasteiger charge is 2.37. The van der Waals surface area contributed by atoms with Gasteiger partial charge in [0.2, 0.25) is 5.91 Å². The van der Waals surface area contributed by atoms with Crippen LogP contribution in [0.4, 0.5) is 5.69 Å². The number of rotatable bonds is 3. The monoisotopic (exact) mass is 448 g/mol. The van der Waals surface area contributed by atoms with Crippen LogP contribution in [0.25, 0.3) is 11.1 Å². The van der Waals surface area contributed by atoms with Crippen molar-refractivity contribution in [2.24, 2.45) is 0 Å². The number of anilines is 1. The second-order valence-corrected chi connectivity index (χ2v) is 9.73. The molecule has 7 heteroatoms. The van der Waals surface area contributed by atoms with Gasteiger partial charge in [-0.2, -0.15) is 0 Å². The zero-order valence-corrected chi connectivity index (χ0v) is 17.2. The molecule has 0 unspecified atom stereocenters. The van der Waals surface area contributed by atoms with Gasteiger partial charge in [-0.15, -0.1) is 0 Å². The lowest BCUT2D eigenvalue weighted by Crippen LogP contribution is -2.46. The van der Waals surface area contributed by atoms with E-state index in [4.69, 9.17) is 0 Å². The summed E-state index contributed by atoms with van der Waals surface area (Å²) in [6, 6.07) is 12.6. The first-order chi connectivity index (χ1) is 13.0. The molecule has 4 rings (SSSR count). The molecule has 1 fully saturated rings. The number of amides is 1. The van der Waals surface area contributed by atoms with Crippen LogP contribution >= 0.6 is 15.9 Å². The highest BCUT2D eigenvalue weighted by atomic mass is 79.9. The standard InChI is InChI=1S/C20H21BrN2O3S/c21-17-11-6-10-16-15-9-4-5-12-18(15)27(25,26)23(20(16)17)13-19(24)22-14-7-2-1-3-8-14/h4-6,9-12,14H,1-3,7-8,13H2,(H,22,24). The van der Waals surface area contributed by atoms with E-state index in [1.807, 2.05) is 18.2 Å². The van der Waals surface area contributed by atoms with Crippen molar-refractivity contribution < 1.29 is 13.2 Å². The number of carbonyl (C=O) groups is 1. The number of halogens is 1. The van der Waals surface area contributed by atoms with Crippen LogP contribution in [0.2, 0.25) is 0 Å². The van der Waals surface area contributed by atoms with Gasteiger partial charge in [0.1, 0.15) is 6.54 Å². The Balaban J connectivity index is 1.71. The number of carbonyl (C=O) groups excluding carboxylic acids is 1. The van der Waals surface area contributed by atoms with Gasteiger partial charge in [0, 0.05) is 21.6 Å². The molecule has 142 valence electrons. The summed E-state index contributed by atoms with van der Waals surface area (Å²) in [6.45, 7) is -0.219. The van der Waals surface area contributed by atoms with Gasteiger partial charge in [-0.3, -0.25) is 9.10 Å². The highest BCUT2D eigenvalue weighted by molar-refractivity contribution is 9.10. The molecule has 1 aliphatic carbocycles. The summed E-state index contributed by atoms with van der Waals surface area (Å²) in [7, 11) is -3.81. The van der Waals surface area contributed by atoms with Crippen molar-refractivity contribution >= 4 is 37.5 Å². The summed E-state index contributed by atoms with van der Waals surface area (Å²) in [6.07, 6.45) is 5.33. The molecule has 1 amide bonds. The van der Waals surface area contributed by atoms with Crippen LogP contribution in [-0.4, -0.2) is 26.9 Å². The molecule has 1 aliphatic heterocycles. The molecule has 0 saturated heterocycles. The molecule has 2 aliphatic rings. The third-order valence-corrected chi connectivity index (χ3v) is 7.68. The predicted octanol–water partition coefficient (Wildman–Crippen LogP) is 4.07. The summed E-state index contributed by atoms with van der Waals surface area (Å²) in [5.41, 5.74) is 1.99. The van der Waals surface area contributed by atoms with Gasteiger partial charge in [0.25, 0.3) is 10.0 Å². The van der Waals surface area contributed by atoms with Gasteiger partial charge in [0.15, 0.2) is 0 Å². The minimum absolute atomic E-state index is 0.143. The van der Waals surface area contributed by atoms with Gasteiger partial charge in [-0.25, -0.2) is 8.42 Å². The number of nitrogens with zero attached hydrogens (tertiary/aromatic N) is 1. The number of nitrogens with one attached hydrogen (secondary N) is 1. The average molecular weight is 449 g/mol. The Morgan fingerprint density at radius 3 is 2.52 bits per heavy atom. The molecule has 27 heavy (non-hydrogen) atoms. The first-order valence-electron chi connectivity index (χ1n) is 9.18. The largest absolute Gasteiger partial charge is 0.352 e. The lowest BCUT2D eigenvalue weighted by Gasteiger charge is -2.33. The van der Waals surface area contributed by atoms with E-state index in [9.17, 15) is 13.2 Å². The fourth-order valence-corrected chi connectivity index (χ4v) is 6.32. The van der Waals surface area contributed by atoms with Gasteiger partial charge in [0.05, 0.1) is 10.6 Å². The highest BCUT2D eigenvalue weighted by Crippen LogP contribution is 2.46. The van der Waals surface area contributed by atoms with Crippen molar-refractivity contribution in [3.63, 3.8) is 0 Å². The van der Waals surface area contributed by atoms with Gasteiger partial charge >= 0.3 is 0 Å². The quantitative estimate of drug-likeness (QED) is 0.768. The van der Waals surface area contributed by atoms with Gasteiger partial charge in [-0.1, -0.05) is 49.6 Å². The Kier molecular flexibility index (Phi) is 4.99. The van der Waals surface area contributed by atoms with E-state index in [1.54, 1.807) is 24.3 Å². The smallest absolute Gasteiger partial charge is 0.265 e. The SMILES string of the molecule is O=C(CN1c2c(Br)cccc2-c2ccccc2S1(=O)=O)NC1CCCCC1. The third kappa shape index (κ3) is 3.38. The van der Waals surface area contributed by atoms with Crippen molar-refractivity contribution in [3.8, 4) is 11.1 Å². The molecule has 0 radical (unpaired) electrons. The van der Waals surface area contributed by atoms with Crippen LogP contribution in [0.1, 0.15) is 32.1 Å². The molecule has 1 heterocycles. The Bertz CT molecular complexity index is 984. The second-order valence-electron chi connectivity index (χ2n) is 7.05. The lowest BCUT2D eigenvalue weighted by molar-refractivity contribution is -0.120. The maximum atomic E-state index is 13.3. The number of para-hydroxylation sites is 1. The first kappa shape index (κ1) is 18.5. The Hall–Kier alpha value is -1.86. The predicted molar refractivity (Wildman–Crippen MR) is 109 cm³/mol. The molecule has 1 saturated carbocycles. The van der Waals surface area contributed by atoms with Crippen LogP contribution < -0.4 is 9.62 Å². The molecule has 2 aromatic rings. The number of benzene rings is 2. The number of hydrogen-bond acceptors (Lipinski definition) is 3. The summed E-state index contributed by atoms with van der Waals surface area (Å²) >= 11 is 3.48. The number of hydrogen-bond donors (Lipinski definition) is 1. The number of fused-ring (bicyclic) bond motifs is 3. The molecule has 0 bridgehead atoms. The Morgan fingerprint density at radius 1 is 1.04 bits per heavy atom. The normalized spacial score (nSPS) is 18.5. The summed E-state index contributed by atoms with van der Waals surface area (Å²) in [4.78, 5) is 12.9. The van der Waals surface area contributed by atoms with E-state index in [2.05, 4.69) is 21.2 Å². The molecule has 0 spiro atoms. The zero-order valence-electron chi connectivity index (χ0n) is 14.8. The third-order valence-electron chi connectivity index (χ3n) is 5.24. The maximum absolute atomic E-state index is 13.3. The van der Waals surface area contributed by atoms with E-state index >= 15 is 0 Å². The number of sulfonamides is 1. The van der Waals surface area contributed by atoms with Crippen molar-refractivity contribution in [3.05, 3.63) is 46.9 Å². The second kappa shape index (κ2) is 7.28. The summed E-state index contributed by atoms with van der Waals surface area (Å²) < 4.78 is 28.4. The van der Waals surface area contributed by atoms with Crippen molar-refractivity contribution in [1.29, 1.82) is 0 Å². The summed E-state index contributed by atoms with van der Waals surface area (Å²) in [5.74, 6) is -0.258. The minimum Gasteiger partial charge on any atom is -0.352 e. The minimum atomic E-state index is -3.81. The van der Waals surface area contributed by atoms with Crippen LogP contribution in [0, 0.1) is 0 Å². The van der Waals surface area contributed by atoms with Crippen molar-refractivity contribution in [2.45, 2.75) is 43.0 Å².